The van der Waals surface area contributed by atoms with Crippen LogP contribution in [0.5, 0.6) is 0 Å². The number of hydrogen-bond donors (Lipinski definition) is 0. The number of hydrogen-bond acceptors (Lipinski definition) is 5. The van der Waals surface area contributed by atoms with Crippen molar-refractivity contribution in [3.8, 4) is 0 Å². The van der Waals surface area contributed by atoms with Gasteiger partial charge in [-0.3, -0.25) is 4.79 Å². The van der Waals surface area contributed by atoms with Crippen molar-refractivity contribution in [1.29, 1.82) is 0 Å². The van der Waals surface area contributed by atoms with E-state index in [1.165, 1.54) is 32.1 Å². The Morgan fingerprint density at radius 2 is 1.47 bits per heavy atom. The normalized spacial score (nSPS) is 32.6. The first-order chi connectivity index (χ1) is 14.8. The average molecular weight is 451 g/mol. The second-order valence-corrected chi connectivity index (χ2v) is 13.0. The molecule has 0 N–H and O–H groups in total. The maximum absolute atomic E-state index is 12.7. The van der Waals surface area contributed by atoms with Crippen LogP contribution in [0.25, 0.3) is 0 Å². The number of carbonyl (C=O) groups is 2. The summed E-state index contributed by atoms with van der Waals surface area (Å²) in [5, 5.41) is 0. The lowest BCUT2D eigenvalue weighted by molar-refractivity contribution is -0.214. The number of ether oxygens (including phenoxy) is 3. The Bertz CT molecular complexity index is 641. The van der Waals surface area contributed by atoms with Crippen LogP contribution >= 0.6 is 0 Å². The zero-order valence-electron chi connectivity index (χ0n) is 21.5. The second kappa shape index (κ2) is 9.64. The standard InChI is InChI=1S/C27H46O5/c1-8-27(20-12-18-11-19(14-20)15-21(27)13-18)32-23(28)17-30-9-10-31-24(29)22(26(5,6)7)16-25(2,3)4/h18-22H,8-17H2,1-7H3. The molecule has 4 fully saturated rings. The molecule has 1 atom stereocenters. The Morgan fingerprint density at radius 3 is 1.94 bits per heavy atom. The predicted molar refractivity (Wildman–Crippen MR) is 125 cm³/mol. The summed E-state index contributed by atoms with van der Waals surface area (Å²) in [6, 6.07) is 0. The van der Waals surface area contributed by atoms with Crippen molar-refractivity contribution in [3.63, 3.8) is 0 Å². The predicted octanol–water partition coefficient (Wildman–Crippen LogP) is 5.79. The molecular formula is C27H46O5. The molecule has 0 amide bonds. The molecule has 5 nitrogen and oxygen atoms in total. The highest BCUT2D eigenvalue weighted by Crippen LogP contribution is 2.60. The average Bonchev–Trinajstić information content (AvgIpc) is 2.66. The maximum atomic E-state index is 12.7. The van der Waals surface area contributed by atoms with Gasteiger partial charge >= 0.3 is 11.9 Å². The lowest BCUT2D eigenvalue weighted by Crippen LogP contribution is -2.59. The first-order valence-electron chi connectivity index (χ1n) is 12.8. The van der Waals surface area contributed by atoms with Crippen molar-refractivity contribution in [2.24, 2.45) is 40.4 Å². The van der Waals surface area contributed by atoms with Crippen molar-refractivity contribution in [3.05, 3.63) is 0 Å². The molecule has 0 aliphatic heterocycles. The van der Waals surface area contributed by atoms with Crippen LogP contribution in [0.2, 0.25) is 0 Å². The van der Waals surface area contributed by atoms with Gasteiger partial charge in [-0.15, -0.1) is 0 Å². The van der Waals surface area contributed by atoms with Gasteiger partial charge in [0.25, 0.3) is 0 Å². The molecule has 4 saturated carbocycles. The van der Waals surface area contributed by atoms with Crippen LogP contribution in [0.3, 0.4) is 0 Å². The van der Waals surface area contributed by atoms with Crippen LogP contribution in [0, 0.1) is 40.4 Å². The van der Waals surface area contributed by atoms with Crippen LogP contribution < -0.4 is 0 Å². The summed E-state index contributed by atoms with van der Waals surface area (Å²) < 4.78 is 17.2. The van der Waals surface area contributed by atoms with Gasteiger partial charge < -0.3 is 14.2 Å². The minimum Gasteiger partial charge on any atom is -0.463 e. The van der Waals surface area contributed by atoms with Crippen LogP contribution in [0.4, 0.5) is 0 Å². The van der Waals surface area contributed by atoms with Crippen LogP contribution in [-0.4, -0.2) is 37.4 Å². The van der Waals surface area contributed by atoms with Gasteiger partial charge in [0, 0.05) is 0 Å². The highest BCUT2D eigenvalue weighted by atomic mass is 16.6. The van der Waals surface area contributed by atoms with Gasteiger partial charge in [-0.2, -0.15) is 0 Å². The van der Waals surface area contributed by atoms with E-state index < -0.39 is 0 Å². The third-order valence-corrected chi connectivity index (χ3v) is 8.21. The summed E-state index contributed by atoms with van der Waals surface area (Å²) in [6.07, 6.45) is 7.92. The molecular weight excluding hydrogens is 404 g/mol. The van der Waals surface area contributed by atoms with E-state index in [4.69, 9.17) is 14.2 Å². The number of esters is 2. The highest BCUT2D eigenvalue weighted by molar-refractivity contribution is 5.73. The third-order valence-electron chi connectivity index (χ3n) is 8.21. The van der Waals surface area contributed by atoms with Crippen molar-refractivity contribution < 1.29 is 23.8 Å². The van der Waals surface area contributed by atoms with E-state index in [1.807, 2.05) is 0 Å². The second-order valence-electron chi connectivity index (χ2n) is 13.0. The van der Waals surface area contributed by atoms with Crippen LogP contribution in [-0.2, 0) is 23.8 Å². The molecule has 1 unspecified atom stereocenters. The van der Waals surface area contributed by atoms with Crippen LogP contribution in [0.15, 0.2) is 0 Å². The fourth-order valence-corrected chi connectivity index (χ4v) is 6.85. The Kier molecular flexibility index (Phi) is 7.69. The fourth-order valence-electron chi connectivity index (χ4n) is 6.85. The lowest BCUT2D eigenvalue weighted by Gasteiger charge is -2.60. The maximum Gasteiger partial charge on any atom is 0.332 e. The molecule has 0 aromatic heterocycles. The summed E-state index contributed by atoms with van der Waals surface area (Å²) in [7, 11) is 0. The molecule has 4 aliphatic rings. The molecule has 0 spiro atoms. The van der Waals surface area contributed by atoms with Crippen molar-refractivity contribution in [2.45, 2.75) is 99.0 Å². The largest absolute Gasteiger partial charge is 0.463 e. The molecule has 0 radical (unpaired) electrons. The zero-order valence-corrected chi connectivity index (χ0v) is 21.5. The molecule has 32 heavy (non-hydrogen) atoms. The van der Waals surface area contributed by atoms with Gasteiger partial charge in [-0.25, -0.2) is 4.79 Å². The summed E-state index contributed by atoms with van der Waals surface area (Å²) in [4.78, 5) is 25.3. The molecule has 0 saturated heterocycles. The Morgan fingerprint density at radius 1 is 0.906 bits per heavy atom. The topological polar surface area (TPSA) is 61.8 Å². The fraction of sp³-hybridized carbons (Fsp3) is 0.926. The summed E-state index contributed by atoms with van der Waals surface area (Å²) >= 11 is 0. The molecule has 0 aromatic rings. The van der Waals surface area contributed by atoms with E-state index in [-0.39, 0.29) is 54.1 Å². The molecule has 5 heteroatoms. The highest BCUT2D eigenvalue weighted by Gasteiger charge is 2.58. The van der Waals surface area contributed by atoms with Gasteiger partial charge in [0.05, 0.1) is 12.5 Å². The molecule has 184 valence electrons. The van der Waals surface area contributed by atoms with Gasteiger partial charge in [0.2, 0.25) is 0 Å². The Labute approximate surface area is 195 Å². The minimum atomic E-state index is -0.285. The van der Waals surface area contributed by atoms with Crippen molar-refractivity contribution in [2.75, 3.05) is 19.8 Å². The number of rotatable bonds is 9. The first-order valence-corrected chi connectivity index (χ1v) is 12.8. The van der Waals surface area contributed by atoms with Gasteiger partial charge in [0.15, 0.2) is 0 Å². The smallest absolute Gasteiger partial charge is 0.332 e. The van der Waals surface area contributed by atoms with Crippen molar-refractivity contribution >= 4 is 11.9 Å². The molecule has 0 aromatic carbocycles. The SMILES string of the molecule is CCC1(OC(=O)COCCOC(=O)C(CC(C)(C)C)C(C)(C)C)C2CC3CC(C2)CC1C3. The molecule has 4 bridgehead atoms. The summed E-state index contributed by atoms with van der Waals surface area (Å²) in [5.74, 6) is 2.10. The lowest BCUT2D eigenvalue weighted by atomic mass is 9.49. The van der Waals surface area contributed by atoms with Gasteiger partial charge in [-0.05, 0) is 79.4 Å². The monoisotopic (exact) mass is 450 g/mol. The van der Waals surface area contributed by atoms with E-state index >= 15 is 0 Å². The van der Waals surface area contributed by atoms with Crippen molar-refractivity contribution in [1.82, 2.24) is 0 Å². The van der Waals surface area contributed by atoms with E-state index in [9.17, 15) is 9.59 Å². The first kappa shape index (κ1) is 25.5. The summed E-state index contributed by atoms with van der Waals surface area (Å²) in [5.41, 5.74) is -0.403. The quantitative estimate of drug-likeness (QED) is 0.328. The van der Waals surface area contributed by atoms with Gasteiger partial charge in [0.1, 0.15) is 18.8 Å². The van der Waals surface area contributed by atoms with E-state index in [0.29, 0.717) is 11.8 Å². The van der Waals surface area contributed by atoms with E-state index in [0.717, 1.165) is 24.7 Å². The van der Waals surface area contributed by atoms with E-state index in [1.54, 1.807) is 0 Å². The molecule has 4 rings (SSSR count). The Balaban J connectivity index is 1.42. The zero-order chi connectivity index (χ0) is 23.7. The minimum absolute atomic E-state index is 0.0460. The number of carbonyl (C=O) groups excluding carboxylic acids is 2. The summed E-state index contributed by atoms with van der Waals surface area (Å²) in [6.45, 7) is 15.1. The van der Waals surface area contributed by atoms with Crippen LogP contribution in [0.1, 0.15) is 93.4 Å². The molecule has 0 heterocycles. The third kappa shape index (κ3) is 5.87. The van der Waals surface area contributed by atoms with Gasteiger partial charge in [-0.1, -0.05) is 48.5 Å². The van der Waals surface area contributed by atoms with E-state index in [2.05, 4.69) is 48.5 Å². The Hall–Kier alpha value is -1.10. The molecule has 4 aliphatic carbocycles.